The molecular formula is C10H3Br2N3O6. The second-order valence-corrected chi connectivity index (χ2v) is 5.30. The maximum absolute atomic E-state index is 12.2. The van der Waals surface area contributed by atoms with E-state index in [1.165, 1.54) is 12.1 Å². The zero-order valence-corrected chi connectivity index (χ0v) is 12.9. The monoisotopic (exact) mass is 419 g/mol. The molecule has 0 saturated carbocycles. The first-order valence-electron chi connectivity index (χ1n) is 5.09. The van der Waals surface area contributed by atoms with Crippen molar-refractivity contribution in [3.63, 3.8) is 0 Å². The lowest BCUT2D eigenvalue weighted by Crippen LogP contribution is -2.33. The summed E-state index contributed by atoms with van der Waals surface area (Å²) in [6.45, 7) is 0. The first kappa shape index (κ1) is 15.3. The van der Waals surface area contributed by atoms with Crippen molar-refractivity contribution in [2.24, 2.45) is 5.16 Å². The Kier molecular flexibility index (Phi) is 3.87. The normalized spacial score (nSPS) is 17.0. The van der Waals surface area contributed by atoms with Crippen molar-refractivity contribution < 1.29 is 24.5 Å². The number of ketones is 2. The minimum atomic E-state index is -1.39. The number of benzene rings is 1. The van der Waals surface area contributed by atoms with Gasteiger partial charge in [0.15, 0.2) is 0 Å². The highest BCUT2D eigenvalue weighted by molar-refractivity contribution is 9.10. The molecule has 1 aliphatic rings. The van der Waals surface area contributed by atoms with Gasteiger partial charge in [-0.05, 0) is 28.1 Å². The number of hydrogen-bond acceptors (Lipinski definition) is 7. The van der Waals surface area contributed by atoms with Crippen LogP contribution in [0.4, 0.5) is 11.4 Å². The van der Waals surface area contributed by atoms with E-state index in [4.69, 9.17) is 5.21 Å². The summed E-state index contributed by atoms with van der Waals surface area (Å²) >= 11 is 5.69. The predicted molar refractivity (Wildman–Crippen MR) is 75.8 cm³/mol. The first-order valence-corrected chi connectivity index (χ1v) is 6.59. The zero-order valence-electron chi connectivity index (χ0n) is 9.74. The SMILES string of the molecule is O=C1C(=O)N(Br)c2ccc(Br)c([N+](=O)[O-])c2C(=O)C1=NO. The average molecular weight is 421 g/mol. The van der Waals surface area contributed by atoms with E-state index in [0.717, 1.165) is 0 Å². The molecule has 1 aliphatic heterocycles. The molecular weight excluding hydrogens is 418 g/mol. The van der Waals surface area contributed by atoms with Gasteiger partial charge in [-0.25, -0.2) is 3.93 Å². The third kappa shape index (κ3) is 2.23. The third-order valence-electron chi connectivity index (χ3n) is 2.63. The van der Waals surface area contributed by atoms with Crippen molar-refractivity contribution in [2.75, 3.05) is 3.93 Å². The minimum Gasteiger partial charge on any atom is -0.410 e. The second-order valence-electron chi connectivity index (χ2n) is 3.74. The Labute approximate surface area is 132 Å². The summed E-state index contributed by atoms with van der Waals surface area (Å²) in [4.78, 5) is 46.0. The van der Waals surface area contributed by atoms with Gasteiger partial charge in [-0.15, -0.1) is 0 Å². The van der Waals surface area contributed by atoms with E-state index in [2.05, 4.69) is 37.2 Å². The first-order chi connectivity index (χ1) is 9.81. The van der Waals surface area contributed by atoms with Crippen LogP contribution < -0.4 is 3.93 Å². The van der Waals surface area contributed by atoms with Crippen molar-refractivity contribution in [3.05, 3.63) is 32.3 Å². The fourth-order valence-electron chi connectivity index (χ4n) is 1.73. The summed E-state index contributed by atoms with van der Waals surface area (Å²) < 4.78 is 0.583. The molecule has 1 aromatic carbocycles. The number of oxime groups is 1. The zero-order chi connectivity index (χ0) is 15.9. The highest BCUT2D eigenvalue weighted by atomic mass is 79.9. The Bertz CT molecular complexity index is 745. The van der Waals surface area contributed by atoms with Crippen molar-refractivity contribution in [2.45, 2.75) is 0 Å². The van der Waals surface area contributed by atoms with E-state index >= 15 is 0 Å². The van der Waals surface area contributed by atoms with Gasteiger partial charge in [0.25, 0.3) is 11.5 Å². The number of nitro benzene ring substituents is 1. The maximum atomic E-state index is 12.2. The summed E-state index contributed by atoms with van der Waals surface area (Å²) in [6, 6.07) is 2.47. The lowest BCUT2D eigenvalue weighted by molar-refractivity contribution is -0.385. The molecule has 0 aromatic heterocycles. The van der Waals surface area contributed by atoms with Crippen molar-refractivity contribution in [1.82, 2.24) is 0 Å². The highest BCUT2D eigenvalue weighted by Gasteiger charge is 2.42. The number of nitrogens with zero attached hydrogens (tertiary/aromatic N) is 3. The molecule has 0 bridgehead atoms. The van der Waals surface area contributed by atoms with E-state index in [-0.39, 0.29) is 10.2 Å². The fourth-order valence-corrected chi connectivity index (χ4v) is 2.67. The Morgan fingerprint density at radius 2 is 1.86 bits per heavy atom. The van der Waals surface area contributed by atoms with Crippen LogP contribution in [0.3, 0.4) is 0 Å². The van der Waals surface area contributed by atoms with Crippen molar-refractivity contribution in [3.8, 4) is 0 Å². The molecule has 11 heteroatoms. The molecule has 2 rings (SSSR count). The number of amides is 1. The molecule has 21 heavy (non-hydrogen) atoms. The molecule has 9 nitrogen and oxygen atoms in total. The van der Waals surface area contributed by atoms with Crippen LogP contribution in [0.25, 0.3) is 0 Å². The Morgan fingerprint density at radius 1 is 1.24 bits per heavy atom. The Morgan fingerprint density at radius 3 is 2.38 bits per heavy atom. The van der Waals surface area contributed by atoms with Gasteiger partial charge in [0.2, 0.25) is 11.5 Å². The van der Waals surface area contributed by atoms with Gasteiger partial charge in [0, 0.05) is 0 Å². The number of carbonyl (C=O) groups excluding carboxylic acids is 3. The number of Topliss-reactive ketones (excluding diaryl/α,β-unsaturated/α-hetero) is 2. The van der Waals surface area contributed by atoms with Gasteiger partial charge in [-0.3, -0.25) is 24.5 Å². The number of nitro groups is 1. The largest absolute Gasteiger partial charge is 0.410 e. The number of halogens is 2. The second kappa shape index (κ2) is 5.33. The minimum absolute atomic E-state index is 0.0282. The Hall–Kier alpha value is -2.14. The Balaban J connectivity index is 2.92. The molecule has 0 saturated heterocycles. The summed E-state index contributed by atoms with van der Waals surface area (Å²) in [5.41, 5.74) is -2.49. The highest BCUT2D eigenvalue weighted by Crippen LogP contribution is 2.38. The number of hydrogen-bond donors (Lipinski definition) is 1. The average Bonchev–Trinajstić information content (AvgIpc) is 2.50. The predicted octanol–water partition coefficient (Wildman–Crippen LogP) is 1.60. The summed E-state index contributed by atoms with van der Waals surface area (Å²) in [7, 11) is 0. The van der Waals surface area contributed by atoms with E-state index in [1.54, 1.807) is 0 Å². The van der Waals surface area contributed by atoms with E-state index in [9.17, 15) is 24.5 Å². The van der Waals surface area contributed by atoms with Crippen LogP contribution in [-0.4, -0.2) is 33.3 Å². The van der Waals surface area contributed by atoms with Crippen LogP contribution >= 0.6 is 32.1 Å². The van der Waals surface area contributed by atoms with Crippen molar-refractivity contribution in [1.29, 1.82) is 0 Å². The molecule has 108 valence electrons. The fraction of sp³-hybridized carbons (Fsp3) is 0. The maximum Gasteiger partial charge on any atom is 0.311 e. The van der Waals surface area contributed by atoms with Gasteiger partial charge >= 0.3 is 5.91 Å². The van der Waals surface area contributed by atoms with Gasteiger partial charge in [0.05, 0.1) is 31.2 Å². The smallest absolute Gasteiger partial charge is 0.311 e. The van der Waals surface area contributed by atoms with E-state index in [1.807, 2.05) is 0 Å². The summed E-state index contributed by atoms with van der Waals surface area (Å²) in [5.74, 6) is -3.83. The van der Waals surface area contributed by atoms with Crippen LogP contribution in [0.15, 0.2) is 21.8 Å². The molecule has 1 aromatic rings. The van der Waals surface area contributed by atoms with E-state index < -0.39 is 39.4 Å². The van der Waals surface area contributed by atoms with Crippen molar-refractivity contribution >= 4 is 66.6 Å². The van der Waals surface area contributed by atoms with Crippen LogP contribution in [0.5, 0.6) is 0 Å². The van der Waals surface area contributed by atoms with Crippen LogP contribution in [-0.2, 0) is 9.59 Å². The van der Waals surface area contributed by atoms with Gasteiger partial charge in [-0.1, -0.05) is 5.16 Å². The molecule has 1 heterocycles. The van der Waals surface area contributed by atoms with Crippen LogP contribution in [0.2, 0.25) is 0 Å². The molecule has 0 atom stereocenters. The quantitative estimate of drug-likeness (QED) is 0.241. The molecule has 1 amide bonds. The molecule has 0 radical (unpaired) electrons. The summed E-state index contributed by atoms with van der Waals surface area (Å²) in [5, 5.41) is 22.4. The number of carbonyl (C=O) groups is 3. The van der Waals surface area contributed by atoms with Crippen LogP contribution in [0.1, 0.15) is 10.4 Å². The topological polar surface area (TPSA) is 130 Å². The number of rotatable bonds is 1. The lowest BCUT2D eigenvalue weighted by Gasteiger charge is -2.13. The molecule has 0 fully saturated rings. The van der Waals surface area contributed by atoms with Gasteiger partial charge in [-0.2, -0.15) is 0 Å². The number of fused-ring (bicyclic) bond motifs is 1. The third-order valence-corrected chi connectivity index (χ3v) is 3.97. The summed E-state index contributed by atoms with van der Waals surface area (Å²) in [6.07, 6.45) is 0. The molecule has 0 spiro atoms. The lowest BCUT2D eigenvalue weighted by atomic mass is 10.0. The molecule has 0 aliphatic carbocycles. The van der Waals surface area contributed by atoms with Crippen LogP contribution in [0, 0.1) is 10.1 Å². The van der Waals surface area contributed by atoms with E-state index in [0.29, 0.717) is 3.93 Å². The van der Waals surface area contributed by atoms with Gasteiger partial charge in [0.1, 0.15) is 5.56 Å². The standard InChI is InChI=1S/C10H3Br2N3O6/c11-3-1-2-4-5(7(3)15(20)21)8(16)6(13-19)9(17)10(18)14(4)12/h1-2,19H. The molecule has 1 N–H and O–H groups in total. The number of anilines is 1. The van der Waals surface area contributed by atoms with Gasteiger partial charge < -0.3 is 5.21 Å². The molecule has 0 unspecified atom stereocenters.